The number of likely N-dealkylation sites (tertiary alicyclic amines) is 1. The molecule has 10 heteroatoms. The van der Waals surface area contributed by atoms with Crippen LogP contribution in [0.2, 0.25) is 0 Å². The minimum absolute atomic E-state index is 0.00435. The van der Waals surface area contributed by atoms with E-state index in [4.69, 9.17) is 16.2 Å². The number of terminal acetylenes is 1. The fourth-order valence-electron chi connectivity index (χ4n) is 5.77. The van der Waals surface area contributed by atoms with Gasteiger partial charge in [0, 0.05) is 54.2 Å². The average molecular weight is 596 g/mol. The Morgan fingerprint density at radius 3 is 2.77 bits per heavy atom. The summed E-state index contributed by atoms with van der Waals surface area (Å²) in [5.41, 5.74) is 3.28. The quantitative estimate of drug-likeness (QED) is 0.186. The second kappa shape index (κ2) is 14.3. The van der Waals surface area contributed by atoms with Crippen LogP contribution in [0.1, 0.15) is 62.6 Å². The highest BCUT2D eigenvalue weighted by atomic mass is 16.5. The summed E-state index contributed by atoms with van der Waals surface area (Å²) in [6.07, 6.45) is 11.8. The van der Waals surface area contributed by atoms with Crippen LogP contribution in [0, 0.1) is 18.3 Å². The number of methoxy groups -OCH3 is 1. The molecule has 10 nitrogen and oxygen atoms in total. The summed E-state index contributed by atoms with van der Waals surface area (Å²) in [5, 5.41) is 11.1. The molecule has 0 bridgehead atoms. The summed E-state index contributed by atoms with van der Waals surface area (Å²) < 4.78 is 5.80. The highest BCUT2D eigenvalue weighted by molar-refractivity contribution is 5.95. The van der Waals surface area contributed by atoms with Gasteiger partial charge in [0.05, 0.1) is 37.2 Å². The van der Waals surface area contributed by atoms with Crippen LogP contribution >= 0.6 is 0 Å². The number of hydrogen-bond donors (Lipinski definition) is 3. The number of aliphatic imine (C=N–C) groups is 1. The molecule has 0 spiro atoms. The van der Waals surface area contributed by atoms with Crippen molar-refractivity contribution in [3.8, 4) is 18.1 Å². The molecule has 2 aromatic carbocycles. The number of hydrogen-bond acceptors (Lipinski definition) is 9. The van der Waals surface area contributed by atoms with Crippen molar-refractivity contribution in [2.45, 2.75) is 57.5 Å². The maximum absolute atomic E-state index is 13.1. The van der Waals surface area contributed by atoms with Gasteiger partial charge in [0.2, 0.25) is 5.91 Å². The Balaban J connectivity index is 1.33. The van der Waals surface area contributed by atoms with Gasteiger partial charge in [-0.1, -0.05) is 31.8 Å². The summed E-state index contributed by atoms with van der Waals surface area (Å²) in [6.45, 7) is 3.93. The lowest BCUT2D eigenvalue weighted by atomic mass is 9.98. The lowest BCUT2D eigenvalue weighted by Gasteiger charge is -2.36. The highest BCUT2D eigenvalue weighted by Crippen LogP contribution is 2.34. The molecule has 44 heavy (non-hydrogen) atoms. The number of nitrogens with zero attached hydrogens (tertiary/aromatic N) is 4. The number of amidine groups is 1. The number of aromatic nitrogens is 2. The number of anilines is 2. The van der Waals surface area contributed by atoms with Gasteiger partial charge in [-0.05, 0) is 44.2 Å². The first-order chi connectivity index (χ1) is 21.4. The van der Waals surface area contributed by atoms with Gasteiger partial charge in [-0.2, -0.15) is 0 Å². The molecular formula is C34H41N7O3. The van der Waals surface area contributed by atoms with Crippen LogP contribution in [0.4, 0.5) is 11.5 Å². The molecule has 0 radical (unpaired) electrons. The zero-order valence-corrected chi connectivity index (χ0v) is 25.7. The van der Waals surface area contributed by atoms with Gasteiger partial charge in [0.15, 0.2) is 0 Å². The Morgan fingerprint density at radius 2 is 2.02 bits per heavy atom. The molecule has 3 N–H and O–H groups in total. The number of unbranched alkanes of at least 4 members (excludes halogenated alkanes) is 2. The zero-order chi connectivity index (χ0) is 31.1. The molecule has 1 unspecified atom stereocenters. The predicted octanol–water partition coefficient (Wildman–Crippen LogP) is 4.38. The second-order valence-corrected chi connectivity index (χ2v) is 11.6. The fraction of sp³-hybridized carbons (Fsp3) is 0.441. The number of nitrogens with one attached hydrogen (secondary N) is 3. The number of carbonyl (C=O) groups excluding carboxylic acids is 2. The van der Waals surface area contributed by atoms with Crippen LogP contribution in [-0.2, 0) is 9.59 Å². The van der Waals surface area contributed by atoms with Gasteiger partial charge >= 0.3 is 0 Å². The molecular weight excluding hydrogens is 554 g/mol. The highest BCUT2D eigenvalue weighted by Gasteiger charge is 2.34. The molecule has 0 aliphatic carbocycles. The number of ether oxygens (including phenoxy) is 1. The zero-order valence-electron chi connectivity index (χ0n) is 25.7. The fourth-order valence-corrected chi connectivity index (χ4v) is 5.77. The van der Waals surface area contributed by atoms with Crippen LogP contribution in [0.15, 0.2) is 47.7 Å². The number of amides is 1. The third-order valence-electron chi connectivity index (χ3n) is 8.34. The SMILES string of the molecule is C#Cc1cccc(Nc2ncnc3cc(OC)c(C4CN=C([C@H](CCCCCC(=O)CC)NC(=O)C5CN(C)C5)N4)cc23)c1. The maximum atomic E-state index is 13.1. The minimum Gasteiger partial charge on any atom is -0.496 e. The summed E-state index contributed by atoms with van der Waals surface area (Å²) in [4.78, 5) is 40.8. The topological polar surface area (TPSA) is 121 Å². The molecule has 2 aliphatic rings. The molecule has 5 rings (SSSR count). The van der Waals surface area contributed by atoms with E-state index in [1.54, 1.807) is 7.11 Å². The Morgan fingerprint density at radius 1 is 1.18 bits per heavy atom. The largest absolute Gasteiger partial charge is 0.496 e. The lowest BCUT2D eigenvalue weighted by Crippen LogP contribution is -2.55. The second-order valence-electron chi connectivity index (χ2n) is 11.6. The summed E-state index contributed by atoms with van der Waals surface area (Å²) >= 11 is 0. The smallest absolute Gasteiger partial charge is 0.226 e. The molecule has 2 aliphatic heterocycles. The number of rotatable bonds is 14. The van der Waals surface area contributed by atoms with E-state index in [1.807, 2.05) is 50.4 Å². The van der Waals surface area contributed by atoms with E-state index in [0.29, 0.717) is 36.7 Å². The van der Waals surface area contributed by atoms with E-state index in [2.05, 4.69) is 36.7 Å². The average Bonchev–Trinajstić information content (AvgIpc) is 3.52. The minimum atomic E-state index is -0.226. The van der Waals surface area contributed by atoms with Crippen molar-refractivity contribution in [2.75, 3.05) is 39.1 Å². The number of fused-ring (bicyclic) bond motifs is 1. The van der Waals surface area contributed by atoms with E-state index in [0.717, 1.165) is 72.3 Å². The number of carbonyl (C=O) groups is 2. The Hall–Kier alpha value is -4.49. The van der Waals surface area contributed by atoms with E-state index >= 15 is 0 Å². The van der Waals surface area contributed by atoms with Gasteiger partial charge in [-0.25, -0.2) is 9.97 Å². The van der Waals surface area contributed by atoms with Crippen molar-refractivity contribution in [3.63, 3.8) is 0 Å². The van der Waals surface area contributed by atoms with Gasteiger partial charge in [0.1, 0.15) is 29.5 Å². The summed E-state index contributed by atoms with van der Waals surface area (Å²) in [7, 11) is 3.67. The van der Waals surface area contributed by atoms with Gasteiger partial charge in [-0.3, -0.25) is 14.6 Å². The first kappa shape index (κ1) is 31.0. The van der Waals surface area contributed by atoms with Crippen LogP contribution in [-0.4, -0.2) is 72.2 Å². The van der Waals surface area contributed by atoms with E-state index in [-0.39, 0.29) is 23.9 Å². The Kier molecular flexibility index (Phi) is 10.1. The van der Waals surface area contributed by atoms with Crippen LogP contribution in [0.3, 0.4) is 0 Å². The maximum Gasteiger partial charge on any atom is 0.226 e. The predicted molar refractivity (Wildman–Crippen MR) is 173 cm³/mol. The van der Waals surface area contributed by atoms with E-state index in [9.17, 15) is 9.59 Å². The third kappa shape index (κ3) is 7.34. The first-order valence-electron chi connectivity index (χ1n) is 15.4. The number of benzene rings is 2. The monoisotopic (exact) mass is 595 g/mol. The van der Waals surface area contributed by atoms with Crippen molar-refractivity contribution in [1.82, 2.24) is 25.5 Å². The molecule has 1 aromatic heterocycles. The summed E-state index contributed by atoms with van der Waals surface area (Å²) in [6, 6.07) is 11.2. The normalized spacial score (nSPS) is 17.2. The molecule has 0 saturated carbocycles. The Labute approximate surface area is 259 Å². The van der Waals surface area contributed by atoms with Gasteiger partial charge < -0.3 is 25.6 Å². The summed E-state index contributed by atoms with van der Waals surface area (Å²) in [5.74, 6) is 5.15. The Bertz CT molecular complexity index is 1570. The number of ketones is 1. The molecule has 3 aromatic rings. The van der Waals surface area contributed by atoms with E-state index < -0.39 is 0 Å². The van der Waals surface area contributed by atoms with Crippen molar-refractivity contribution < 1.29 is 14.3 Å². The molecule has 2 atom stereocenters. The molecule has 1 saturated heterocycles. The lowest BCUT2D eigenvalue weighted by molar-refractivity contribution is -0.130. The van der Waals surface area contributed by atoms with Crippen molar-refractivity contribution in [3.05, 3.63) is 53.9 Å². The molecule has 1 amide bonds. The first-order valence-corrected chi connectivity index (χ1v) is 15.4. The van der Waals surface area contributed by atoms with Crippen molar-refractivity contribution >= 4 is 39.9 Å². The van der Waals surface area contributed by atoms with Crippen molar-refractivity contribution in [1.29, 1.82) is 0 Å². The van der Waals surface area contributed by atoms with Gasteiger partial charge in [-0.15, -0.1) is 6.42 Å². The van der Waals surface area contributed by atoms with Crippen LogP contribution in [0.5, 0.6) is 5.75 Å². The third-order valence-corrected chi connectivity index (χ3v) is 8.34. The van der Waals surface area contributed by atoms with Crippen LogP contribution < -0.4 is 20.7 Å². The number of Topliss-reactive ketones (excluding diaryl/α,β-unsaturated/α-hetero) is 1. The van der Waals surface area contributed by atoms with Gasteiger partial charge in [0.25, 0.3) is 0 Å². The van der Waals surface area contributed by atoms with Crippen LogP contribution in [0.25, 0.3) is 10.9 Å². The van der Waals surface area contributed by atoms with E-state index in [1.165, 1.54) is 6.33 Å². The molecule has 230 valence electrons. The molecule has 3 heterocycles. The van der Waals surface area contributed by atoms with Crippen molar-refractivity contribution in [2.24, 2.45) is 10.9 Å². The molecule has 1 fully saturated rings. The standard InChI is InChI=1S/C34H41N7O3/c1-5-22-11-10-12-24(15-22)38-32-27-16-26(31(44-4)17-29(27)36-21-37-32)30-18-35-33(39-30)28(14-9-7-8-13-25(42)6-2)40-34(43)23-19-41(3)20-23/h1,10-12,15-17,21,23,28,30H,6-9,13-14,18-20H2,2-4H3,(H,35,39)(H,40,43)(H,36,37,38)/t28-,30?/m0/s1.